The summed E-state index contributed by atoms with van der Waals surface area (Å²) in [5.41, 5.74) is 0.900. The van der Waals surface area contributed by atoms with Crippen molar-refractivity contribution >= 4 is 17.6 Å². The Morgan fingerprint density at radius 3 is 2.59 bits per heavy atom. The number of carbonyl (C=O) groups excluding carboxylic acids is 2. The van der Waals surface area contributed by atoms with Gasteiger partial charge in [0.25, 0.3) is 0 Å². The second kappa shape index (κ2) is 8.38. The van der Waals surface area contributed by atoms with Crippen LogP contribution in [0.25, 0.3) is 0 Å². The van der Waals surface area contributed by atoms with E-state index in [4.69, 9.17) is 9.47 Å². The fraction of sp³-hybridized carbons (Fsp3) is 0.381. The molecule has 0 N–H and O–H groups in total. The third-order valence-electron chi connectivity index (χ3n) is 5.19. The monoisotopic (exact) mass is 396 g/mol. The fourth-order valence-electron chi connectivity index (χ4n) is 3.53. The van der Waals surface area contributed by atoms with Crippen molar-refractivity contribution in [2.75, 3.05) is 44.4 Å². The summed E-state index contributed by atoms with van der Waals surface area (Å²) < 4.78 is 10.7. The van der Waals surface area contributed by atoms with Crippen LogP contribution in [0, 0.1) is 0 Å². The van der Waals surface area contributed by atoms with Crippen LogP contribution in [0.5, 0.6) is 11.5 Å². The summed E-state index contributed by atoms with van der Waals surface area (Å²) in [7, 11) is 0. The number of pyridine rings is 1. The predicted molar refractivity (Wildman–Crippen MR) is 107 cm³/mol. The van der Waals surface area contributed by atoms with E-state index in [0.29, 0.717) is 31.1 Å². The molecule has 0 spiro atoms. The molecule has 0 bridgehead atoms. The zero-order chi connectivity index (χ0) is 20.2. The van der Waals surface area contributed by atoms with Crippen LogP contribution in [0.15, 0.2) is 42.6 Å². The van der Waals surface area contributed by atoms with E-state index in [9.17, 15) is 9.59 Å². The van der Waals surface area contributed by atoms with Crippen molar-refractivity contribution in [3.05, 3.63) is 48.2 Å². The van der Waals surface area contributed by atoms with Crippen LogP contribution in [-0.4, -0.2) is 66.1 Å². The summed E-state index contributed by atoms with van der Waals surface area (Å²) in [5.74, 6) is 2.12. The SMILES string of the molecule is CC(=O)N(CC(=O)N1CCN(c2ccccn2)CC1)Cc1ccc2c(c1)OCO2. The molecule has 3 heterocycles. The average molecular weight is 396 g/mol. The van der Waals surface area contributed by atoms with E-state index in [1.165, 1.54) is 6.92 Å². The average Bonchev–Trinajstić information content (AvgIpc) is 3.22. The van der Waals surface area contributed by atoms with E-state index >= 15 is 0 Å². The zero-order valence-corrected chi connectivity index (χ0v) is 16.4. The summed E-state index contributed by atoms with van der Waals surface area (Å²) in [6.07, 6.45) is 1.77. The van der Waals surface area contributed by atoms with Gasteiger partial charge in [0, 0.05) is 45.8 Å². The van der Waals surface area contributed by atoms with Gasteiger partial charge in [0.1, 0.15) is 12.4 Å². The van der Waals surface area contributed by atoms with Gasteiger partial charge in [-0.3, -0.25) is 9.59 Å². The van der Waals surface area contributed by atoms with Crippen LogP contribution in [0.3, 0.4) is 0 Å². The van der Waals surface area contributed by atoms with Crippen LogP contribution < -0.4 is 14.4 Å². The van der Waals surface area contributed by atoms with Crippen LogP contribution in [0.2, 0.25) is 0 Å². The third-order valence-corrected chi connectivity index (χ3v) is 5.19. The Morgan fingerprint density at radius 1 is 1.07 bits per heavy atom. The van der Waals surface area contributed by atoms with Gasteiger partial charge in [0.15, 0.2) is 11.5 Å². The van der Waals surface area contributed by atoms with Gasteiger partial charge in [0.05, 0.1) is 0 Å². The number of nitrogens with zero attached hydrogens (tertiary/aromatic N) is 4. The first kappa shape index (κ1) is 19.0. The minimum absolute atomic E-state index is 0.0402. The molecular formula is C21H24N4O4. The van der Waals surface area contributed by atoms with E-state index in [0.717, 1.165) is 24.5 Å². The maximum atomic E-state index is 12.8. The Balaban J connectivity index is 1.34. The van der Waals surface area contributed by atoms with Gasteiger partial charge in [-0.1, -0.05) is 12.1 Å². The lowest BCUT2D eigenvalue weighted by Crippen LogP contribution is -2.51. The molecule has 29 heavy (non-hydrogen) atoms. The van der Waals surface area contributed by atoms with Crippen molar-refractivity contribution in [2.45, 2.75) is 13.5 Å². The Bertz CT molecular complexity index is 882. The molecule has 4 rings (SSSR count). The molecular weight excluding hydrogens is 372 g/mol. The maximum Gasteiger partial charge on any atom is 0.242 e. The Hall–Kier alpha value is -3.29. The van der Waals surface area contributed by atoms with E-state index < -0.39 is 0 Å². The minimum Gasteiger partial charge on any atom is -0.454 e. The lowest BCUT2D eigenvalue weighted by molar-refractivity contribution is -0.140. The summed E-state index contributed by atoms with van der Waals surface area (Å²) in [4.78, 5) is 34.8. The van der Waals surface area contributed by atoms with Crippen molar-refractivity contribution < 1.29 is 19.1 Å². The van der Waals surface area contributed by atoms with Gasteiger partial charge >= 0.3 is 0 Å². The molecule has 0 aliphatic carbocycles. The number of aromatic nitrogens is 1. The smallest absolute Gasteiger partial charge is 0.242 e. The molecule has 1 aromatic heterocycles. The number of amides is 2. The Kier molecular flexibility index (Phi) is 5.50. The van der Waals surface area contributed by atoms with E-state index in [2.05, 4.69) is 9.88 Å². The van der Waals surface area contributed by atoms with Crippen molar-refractivity contribution in [2.24, 2.45) is 0 Å². The molecule has 8 heteroatoms. The molecule has 2 amide bonds. The zero-order valence-electron chi connectivity index (χ0n) is 16.4. The van der Waals surface area contributed by atoms with Gasteiger partial charge in [0.2, 0.25) is 18.6 Å². The van der Waals surface area contributed by atoms with Crippen LogP contribution in [0.1, 0.15) is 12.5 Å². The van der Waals surface area contributed by atoms with Crippen LogP contribution in [0.4, 0.5) is 5.82 Å². The number of fused-ring (bicyclic) bond motifs is 1. The van der Waals surface area contributed by atoms with E-state index in [1.807, 2.05) is 41.3 Å². The van der Waals surface area contributed by atoms with Crippen molar-refractivity contribution in [1.29, 1.82) is 0 Å². The van der Waals surface area contributed by atoms with E-state index in [1.54, 1.807) is 11.1 Å². The lowest BCUT2D eigenvalue weighted by Gasteiger charge is -2.36. The molecule has 1 aromatic carbocycles. The van der Waals surface area contributed by atoms with Gasteiger partial charge in [-0.2, -0.15) is 0 Å². The normalized spacial score (nSPS) is 15.3. The Morgan fingerprint density at radius 2 is 1.86 bits per heavy atom. The number of anilines is 1. The molecule has 1 fully saturated rings. The highest BCUT2D eigenvalue weighted by atomic mass is 16.7. The minimum atomic E-state index is -0.136. The summed E-state index contributed by atoms with van der Waals surface area (Å²) >= 11 is 0. The molecule has 2 aliphatic rings. The topological polar surface area (TPSA) is 75.2 Å². The highest BCUT2D eigenvalue weighted by Crippen LogP contribution is 2.32. The largest absolute Gasteiger partial charge is 0.454 e. The molecule has 0 saturated carbocycles. The quantitative estimate of drug-likeness (QED) is 0.763. The van der Waals surface area contributed by atoms with Gasteiger partial charge in [-0.25, -0.2) is 4.98 Å². The molecule has 8 nitrogen and oxygen atoms in total. The second-order valence-electron chi connectivity index (χ2n) is 7.12. The first-order valence-electron chi connectivity index (χ1n) is 9.68. The van der Waals surface area contributed by atoms with E-state index in [-0.39, 0.29) is 25.2 Å². The second-order valence-corrected chi connectivity index (χ2v) is 7.12. The van der Waals surface area contributed by atoms with Gasteiger partial charge in [-0.15, -0.1) is 0 Å². The fourth-order valence-corrected chi connectivity index (χ4v) is 3.53. The summed E-state index contributed by atoms with van der Waals surface area (Å²) in [6.45, 7) is 4.79. The van der Waals surface area contributed by atoms with Crippen molar-refractivity contribution in [1.82, 2.24) is 14.8 Å². The van der Waals surface area contributed by atoms with Crippen molar-refractivity contribution in [3.63, 3.8) is 0 Å². The van der Waals surface area contributed by atoms with Crippen molar-refractivity contribution in [3.8, 4) is 11.5 Å². The number of hydrogen-bond donors (Lipinski definition) is 0. The number of carbonyl (C=O) groups is 2. The molecule has 0 atom stereocenters. The lowest BCUT2D eigenvalue weighted by atomic mass is 10.2. The number of piperazine rings is 1. The first-order chi connectivity index (χ1) is 14.1. The highest BCUT2D eigenvalue weighted by molar-refractivity contribution is 5.84. The van der Waals surface area contributed by atoms with Gasteiger partial charge in [-0.05, 0) is 29.8 Å². The standard InChI is InChI=1S/C21H24N4O4/c1-16(26)25(13-17-5-6-18-19(12-17)29-15-28-18)14-21(27)24-10-8-23(9-11-24)20-4-2-3-7-22-20/h2-7,12H,8-11,13-15H2,1H3. The highest BCUT2D eigenvalue weighted by Gasteiger charge is 2.24. The Labute approximate surface area is 169 Å². The first-order valence-corrected chi connectivity index (χ1v) is 9.68. The van der Waals surface area contributed by atoms with Gasteiger partial charge < -0.3 is 24.2 Å². The number of ether oxygens (including phenoxy) is 2. The van der Waals surface area contributed by atoms with Crippen LogP contribution >= 0.6 is 0 Å². The molecule has 2 aromatic rings. The third kappa shape index (κ3) is 4.42. The summed E-state index contributed by atoms with van der Waals surface area (Å²) in [6, 6.07) is 11.4. The summed E-state index contributed by atoms with van der Waals surface area (Å²) in [5, 5.41) is 0. The molecule has 2 aliphatic heterocycles. The molecule has 0 unspecified atom stereocenters. The number of hydrogen-bond acceptors (Lipinski definition) is 6. The molecule has 1 saturated heterocycles. The molecule has 152 valence electrons. The van der Waals surface area contributed by atoms with Crippen LogP contribution in [-0.2, 0) is 16.1 Å². The maximum absolute atomic E-state index is 12.8. The number of benzene rings is 1. The predicted octanol–water partition coefficient (Wildman–Crippen LogP) is 1.51. The molecule has 0 radical (unpaired) electrons. The number of rotatable bonds is 5.